The van der Waals surface area contributed by atoms with Crippen molar-refractivity contribution in [3.8, 4) is 22.1 Å². The van der Waals surface area contributed by atoms with Crippen LogP contribution in [0.5, 0.6) is 11.5 Å². The number of carbonyl (C=O) groups is 2. The molecule has 0 unspecified atom stereocenters. The molecule has 0 saturated carbocycles. The van der Waals surface area contributed by atoms with Gasteiger partial charge >= 0.3 is 18.2 Å². The number of urea groups is 1. The van der Waals surface area contributed by atoms with Gasteiger partial charge in [-0.05, 0) is 63.9 Å². The third-order valence-corrected chi connectivity index (χ3v) is 10.7. The molecule has 1 fully saturated rings. The average molecular weight is 737 g/mol. The molecule has 1 N–H and O–H groups in total. The number of nitrogens with one attached hydrogen (secondary N) is 1. The van der Waals surface area contributed by atoms with Crippen LogP contribution < -0.4 is 14.8 Å². The highest BCUT2D eigenvalue weighted by Crippen LogP contribution is 2.42. The zero-order valence-electron chi connectivity index (χ0n) is 29.6. The van der Waals surface area contributed by atoms with Crippen molar-refractivity contribution in [1.82, 2.24) is 20.1 Å². The van der Waals surface area contributed by atoms with E-state index in [0.29, 0.717) is 67.9 Å². The van der Waals surface area contributed by atoms with Crippen LogP contribution in [0.25, 0.3) is 10.6 Å². The van der Waals surface area contributed by atoms with E-state index in [-0.39, 0.29) is 18.6 Å². The number of benzene rings is 2. The fraction of sp³-hybridized carbons (Fsp3) is 0.528. The molecule has 274 valence electrons. The molecule has 14 heteroatoms. The summed E-state index contributed by atoms with van der Waals surface area (Å²) < 4.78 is 56.2. The van der Waals surface area contributed by atoms with Gasteiger partial charge in [0.15, 0.2) is 11.5 Å². The van der Waals surface area contributed by atoms with Gasteiger partial charge in [-0.3, -0.25) is 9.69 Å². The van der Waals surface area contributed by atoms with Crippen molar-refractivity contribution in [2.45, 2.75) is 82.9 Å². The van der Waals surface area contributed by atoms with Crippen molar-refractivity contribution < 1.29 is 37.0 Å². The Labute approximate surface area is 300 Å². The predicted molar refractivity (Wildman–Crippen MR) is 191 cm³/mol. The maximum atomic E-state index is 13.2. The van der Waals surface area contributed by atoms with Crippen LogP contribution in [0, 0.1) is 6.92 Å². The molecule has 1 aromatic heterocycles. The van der Waals surface area contributed by atoms with Crippen LogP contribution in [0.3, 0.4) is 0 Å². The highest BCUT2D eigenvalue weighted by Gasteiger charge is 2.32. The van der Waals surface area contributed by atoms with Crippen LogP contribution in [0.1, 0.15) is 68.7 Å². The Morgan fingerprint density at radius 3 is 2.34 bits per heavy atom. The first-order chi connectivity index (χ1) is 23.7. The quantitative estimate of drug-likeness (QED) is 0.0950. The number of ether oxygens (including phenoxy) is 3. The summed E-state index contributed by atoms with van der Waals surface area (Å²) >= 11 is 2.76. The van der Waals surface area contributed by atoms with E-state index < -0.39 is 16.5 Å². The van der Waals surface area contributed by atoms with E-state index in [4.69, 9.17) is 19.2 Å². The maximum absolute atomic E-state index is 13.2. The highest BCUT2D eigenvalue weighted by atomic mass is 32.2. The number of rotatable bonds is 15. The second-order valence-electron chi connectivity index (χ2n) is 12.6. The van der Waals surface area contributed by atoms with Gasteiger partial charge < -0.3 is 24.4 Å². The van der Waals surface area contributed by atoms with Crippen LogP contribution in [0.4, 0.5) is 18.0 Å². The molecule has 1 aliphatic heterocycles. The fourth-order valence-corrected chi connectivity index (χ4v) is 7.40. The minimum Gasteiger partial charge on any atom is -0.493 e. The number of amides is 2. The number of aromatic nitrogens is 1. The molecule has 0 spiro atoms. The van der Waals surface area contributed by atoms with E-state index in [0.717, 1.165) is 52.4 Å². The molecule has 50 heavy (non-hydrogen) atoms. The molecule has 2 heterocycles. The topological polar surface area (TPSA) is 93.2 Å². The monoisotopic (exact) mass is 736 g/mol. The number of hydrogen-bond donors (Lipinski definition) is 1. The number of thioether (sulfide) groups is 1. The number of aryl methyl sites for hydroxylation is 1. The van der Waals surface area contributed by atoms with Gasteiger partial charge in [-0.25, -0.2) is 9.78 Å². The average Bonchev–Trinajstić information content (AvgIpc) is 3.48. The highest BCUT2D eigenvalue weighted by molar-refractivity contribution is 8.01. The number of esters is 1. The largest absolute Gasteiger partial charge is 0.493 e. The number of nitrogens with zero attached hydrogens (tertiary/aromatic N) is 3. The molecular formula is C36H47F3N4O5S2. The molecule has 0 atom stereocenters. The van der Waals surface area contributed by atoms with E-state index in [1.54, 1.807) is 14.0 Å². The second kappa shape index (κ2) is 17.6. The standard InChI is InChI=1S/C36H47F3N4O5S2/c1-7-9-10-15-40-34(45)43-18-16-42(17-19-43)22-27-31(49-32(41-27)25-11-13-26(14-12-25)36(37,38)39)23-48-29-20-24(3)30(21-28(29)46-6)50-35(4,5)33(44)47-8-2/h11-14,20-21H,7-10,15-19,22-23H2,1-6H3,(H,40,45). The predicted octanol–water partition coefficient (Wildman–Crippen LogP) is 8.18. The van der Waals surface area contributed by atoms with Gasteiger partial charge in [0.05, 0.1) is 29.9 Å². The van der Waals surface area contributed by atoms with Crippen molar-refractivity contribution in [2.24, 2.45) is 0 Å². The van der Waals surface area contributed by atoms with Crippen LogP contribution in [0.15, 0.2) is 41.3 Å². The SMILES string of the molecule is CCCCCNC(=O)N1CCN(Cc2nc(-c3ccc(C(F)(F)F)cc3)sc2COc2cc(C)c(SC(C)(C)C(=O)OCC)cc2OC)CC1. The lowest BCUT2D eigenvalue weighted by Gasteiger charge is -2.34. The van der Waals surface area contributed by atoms with Crippen LogP contribution >= 0.6 is 23.1 Å². The third-order valence-electron chi connectivity index (χ3n) is 8.28. The Kier molecular flexibility index (Phi) is 13.9. The van der Waals surface area contributed by atoms with Gasteiger partial charge in [-0.1, -0.05) is 31.9 Å². The Hall–Kier alpha value is -3.49. The summed E-state index contributed by atoms with van der Waals surface area (Å²) in [5, 5.41) is 3.60. The third kappa shape index (κ3) is 10.5. The van der Waals surface area contributed by atoms with Crippen LogP contribution in [0.2, 0.25) is 0 Å². The van der Waals surface area contributed by atoms with Crippen molar-refractivity contribution >= 4 is 35.1 Å². The molecule has 0 bridgehead atoms. The summed E-state index contributed by atoms with van der Waals surface area (Å²) in [7, 11) is 1.55. The minimum absolute atomic E-state index is 0.0498. The van der Waals surface area contributed by atoms with E-state index in [9.17, 15) is 22.8 Å². The van der Waals surface area contributed by atoms with E-state index in [1.165, 1.54) is 35.2 Å². The van der Waals surface area contributed by atoms with Crippen molar-refractivity contribution in [2.75, 3.05) is 46.4 Å². The first-order valence-electron chi connectivity index (χ1n) is 16.8. The lowest BCUT2D eigenvalue weighted by molar-refractivity contribution is -0.145. The molecule has 3 aromatic rings. The van der Waals surface area contributed by atoms with Crippen molar-refractivity contribution in [3.63, 3.8) is 0 Å². The summed E-state index contributed by atoms with van der Waals surface area (Å²) in [6, 6.07) is 8.67. The van der Waals surface area contributed by atoms with Crippen LogP contribution in [-0.4, -0.2) is 78.0 Å². The zero-order chi connectivity index (χ0) is 36.5. The van der Waals surface area contributed by atoms with Gasteiger partial charge in [0.1, 0.15) is 16.4 Å². The Morgan fingerprint density at radius 1 is 1.02 bits per heavy atom. The van der Waals surface area contributed by atoms with Gasteiger partial charge in [0.2, 0.25) is 0 Å². The molecule has 2 aromatic carbocycles. The number of alkyl halides is 3. The first-order valence-corrected chi connectivity index (χ1v) is 18.5. The van der Waals surface area contributed by atoms with Crippen LogP contribution in [-0.2, 0) is 28.9 Å². The smallest absolute Gasteiger partial charge is 0.416 e. The number of methoxy groups -OCH3 is 1. The number of piperazine rings is 1. The maximum Gasteiger partial charge on any atom is 0.416 e. The lowest BCUT2D eigenvalue weighted by atomic mass is 10.1. The van der Waals surface area contributed by atoms with Crippen molar-refractivity contribution in [1.29, 1.82) is 0 Å². The summed E-state index contributed by atoms with van der Waals surface area (Å²) in [5.41, 5.74) is 1.52. The first kappa shape index (κ1) is 39.3. The normalized spacial score (nSPS) is 14.1. The molecule has 9 nitrogen and oxygen atoms in total. The zero-order valence-corrected chi connectivity index (χ0v) is 31.2. The van der Waals surface area contributed by atoms with Gasteiger partial charge in [-0.2, -0.15) is 13.2 Å². The lowest BCUT2D eigenvalue weighted by Crippen LogP contribution is -2.51. The number of unbranched alkanes of at least 4 members (excludes halogenated alkanes) is 2. The summed E-state index contributed by atoms with van der Waals surface area (Å²) in [5.74, 6) is 0.700. The molecule has 0 radical (unpaired) electrons. The van der Waals surface area contributed by atoms with Gasteiger partial charge in [0.25, 0.3) is 0 Å². The van der Waals surface area contributed by atoms with Crippen molar-refractivity contribution in [3.05, 3.63) is 58.1 Å². The second-order valence-corrected chi connectivity index (χ2v) is 15.3. The number of thiazole rings is 1. The number of carbonyl (C=O) groups excluding carboxylic acids is 2. The van der Waals surface area contributed by atoms with E-state index in [2.05, 4.69) is 17.1 Å². The Balaban J connectivity index is 1.52. The summed E-state index contributed by atoms with van der Waals surface area (Å²) in [4.78, 5) is 35.8. The summed E-state index contributed by atoms with van der Waals surface area (Å²) in [6.45, 7) is 13.5. The molecule has 0 aliphatic carbocycles. The molecular weight excluding hydrogens is 690 g/mol. The Bertz CT molecular complexity index is 1590. The number of hydrogen-bond acceptors (Lipinski definition) is 9. The molecule has 4 rings (SSSR count). The van der Waals surface area contributed by atoms with Gasteiger partial charge in [-0.15, -0.1) is 23.1 Å². The fourth-order valence-electron chi connectivity index (χ4n) is 5.34. The van der Waals surface area contributed by atoms with Gasteiger partial charge in [0, 0.05) is 49.7 Å². The molecule has 2 amide bonds. The number of halogens is 3. The van der Waals surface area contributed by atoms with E-state index >= 15 is 0 Å². The van der Waals surface area contributed by atoms with E-state index in [1.807, 2.05) is 37.8 Å². The molecule has 1 saturated heterocycles. The minimum atomic E-state index is -4.43. The Morgan fingerprint density at radius 2 is 1.72 bits per heavy atom. The summed E-state index contributed by atoms with van der Waals surface area (Å²) in [6.07, 6.45) is -1.30. The molecule has 1 aliphatic rings.